The van der Waals surface area contributed by atoms with Crippen LogP contribution in [0.2, 0.25) is 0 Å². The van der Waals surface area contributed by atoms with E-state index in [0.717, 1.165) is 78.0 Å². The van der Waals surface area contributed by atoms with Gasteiger partial charge in [-0.2, -0.15) is 0 Å². The molecule has 0 bridgehead atoms. The van der Waals surface area contributed by atoms with Crippen molar-refractivity contribution in [2.24, 2.45) is 0 Å². The molecule has 12 aromatic rings. The van der Waals surface area contributed by atoms with Gasteiger partial charge < -0.3 is 18.6 Å². The van der Waals surface area contributed by atoms with Crippen LogP contribution in [0.25, 0.3) is 55.0 Å². The van der Waals surface area contributed by atoms with Crippen LogP contribution >= 0.6 is 0 Å². The molecule has 0 radical (unpaired) electrons. The SMILES string of the molecule is c1ccc(N(c2cccc(C3(c4cccc(N(c5ccccc5)c5ccc6c(c5)oc5ccccc56)c4)c4ccccc4-c4ccccc43)c2)c2ccc3c(c2)oc2ccccc23)cc1. The van der Waals surface area contributed by atoms with Gasteiger partial charge in [-0.05, 0) is 118 Å². The summed E-state index contributed by atoms with van der Waals surface area (Å²) in [4.78, 5) is 4.69. The van der Waals surface area contributed by atoms with E-state index in [1.165, 1.54) is 33.4 Å². The summed E-state index contributed by atoms with van der Waals surface area (Å²) in [6.45, 7) is 0. The van der Waals surface area contributed by atoms with Crippen molar-refractivity contribution in [3.05, 3.63) is 265 Å². The highest BCUT2D eigenvalue weighted by molar-refractivity contribution is 6.07. The second-order valence-electron chi connectivity index (χ2n) is 16.8. The molecule has 0 fully saturated rings. The highest BCUT2D eigenvalue weighted by atomic mass is 16.3. The van der Waals surface area contributed by atoms with E-state index in [-0.39, 0.29) is 0 Å². The first kappa shape index (κ1) is 37.0. The number of hydrogen-bond donors (Lipinski definition) is 0. The Morgan fingerprint density at radius 1 is 0.262 bits per heavy atom. The molecule has 0 amide bonds. The molecule has 1 aliphatic carbocycles. The summed E-state index contributed by atoms with van der Waals surface area (Å²) in [6, 6.07) is 87.1. The van der Waals surface area contributed by atoms with Gasteiger partial charge in [0.15, 0.2) is 0 Å². The van der Waals surface area contributed by atoms with Gasteiger partial charge in [0.05, 0.1) is 5.41 Å². The normalized spacial score (nSPS) is 12.7. The molecule has 0 unspecified atom stereocenters. The molecule has 65 heavy (non-hydrogen) atoms. The Morgan fingerprint density at radius 2 is 0.631 bits per heavy atom. The van der Waals surface area contributed by atoms with Gasteiger partial charge >= 0.3 is 0 Å². The fourth-order valence-corrected chi connectivity index (χ4v) is 10.5. The minimum Gasteiger partial charge on any atom is -0.456 e. The van der Waals surface area contributed by atoms with E-state index in [9.17, 15) is 0 Å². The van der Waals surface area contributed by atoms with Gasteiger partial charge in [0.1, 0.15) is 22.3 Å². The lowest BCUT2D eigenvalue weighted by atomic mass is 9.67. The second kappa shape index (κ2) is 14.8. The summed E-state index contributed by atoms with van der Waals surface area (Å²) in [6.07, 6.45) is 0. The van der Waals surface area contributed by atoms with Crippen molar-refractivity contribution in [3.63, 3.8) is 0 Å². The molecule has 0 aliphatic heterocycles. The van der Waals surface area contributed by atoms with Crippen LogP contribution in [-0.4, -0.2) is 0 Å². The summed E-state index contributed by atoms with van der Waals surface area (Å²) in [5.74, 6) is 0. The van der Waals surface area contributed by atoms with Gasteiger partial charge in [0.25, 0.3) is 0 Å². The predicted molar refractivity (Wildman–Crippen MR) is 268 cm³/mol. The minimum atomic E-state index is -0.671. The average Bonchev–Trinajstić information content (AvgIpc) is 4.03. The summed E-state index contributed by atoms with van der Waals surface area (Å²) >= 11 is 0. The second-order valence-corrected chi connectivity index (χ2v) is 16.8. The third kappa shape index (κ3) is 5.77. The van der Waals surface area contributed by atoms with Crippen molar-refractivity contribution in [3.8, 4) is 11.1 Å². The molecule has 0 atom stereocenters. The quantitative estimate of drug-likeness (QED) is 0.153. The standard InChI is InChI=1S/C61H40N2O2/c1-3-19-43(20-4-1)62(47-33-35-53-51-27-9-13-31-57(51)64-59(53)39-47)45-23-15-17-41(37-45)61(55-29-11-7-25-49(55)50-26-8-12-30-56(50)61)42-18-16-24-46(38-42)63(44-21-5-2-6-22-44)48-34-36-54-52-28-10-14-32-58(52)65-60(54)40-48/h1-40H. The van der Waals surface area contributed by atoms with Crippen LogP contribution in [0, 0.1) is 0 Å². The highest BCUT2D eigenvalue weighted by Gasteiger charge is 2.46. The average molecular weight is 833 g/mol. The first-order chi connectivity index (χ1) is 32.2. The zero-order valence-electron chi connectivity index (χ0n) is 35.3. The van der Waals surface area contributed by atoms with Crippen LogP contribution in [-0.2, 0) is 5.41 Å². The van der Waals surface area contributed by atoms with E-state index in [0.29, 0.717) is 0 Å². The van der Waals surface area contributed by atoms with E-state index in [1.807, 2.05) is 24.3 Å². The van der Waals surface area contributed by atoms with E-state index < -0.39 is 5.41 Å². The van der Waals surface area contributed by atoms with E-state index in [2.05, 4.69) is 228 Å². The number of benzene rings is 10. The fraction of sp³-hybridized carbons (Fsp3) is 0.0164. The number of nitrogens with zero attached hydrogens (tertiary/aromatic N) is 2. The van der Waals surface area contributed by atoms with Gasteiger partial charge in [0, 0.05) is 67.8 Å². The molecule has 0 saturated heterocycles. The topological polar surface area (TPSA) is 32.8 Å². The van der Waals surface area contributed by atoms with E-state index in [4.69, 9.17) is 8.83 Å². The van der Waals surface area contributed by atoms with Crippen molar-refractivity contribution >= 4 is 78.0 Å². The lowest BCUT2D eigenvalue weighted by molar-refractivity contribution is 0.668. The lowest BCUT2D eigenvalue weighted by Crippen LogP contribution is -2.29. The number of hydrogen-bond acceptors (Lipinski definition) is 4. The van der Waals surface area contributed by atoms with Crippen molar-refractivity contribution in [2.75, 3.05) is 9.80 Å². The Labute approximate surface area is 376 Å². The van der Waals surface area contributed by atoms with Crippen LogP contribution < -0.4 is 9.80 Å². The van der Waals surface area contributed by atoms with Crippen molar-refractivity contribution in [1.29, 1.82) is 0 Å². The molecule has 2 heterocycles. The Balaban J connectivity index is 1.03. The smallest absolute Gasteiger partial charge is 0.137 e. The van der Waals surface area contributed by atoms with Crippen molar-refractivity contribution in [1.82, 2.24) is 0 Å². The van der Waals surface area contributed by atoms with Crippen LogP contribution in [0.3, 0.4) is 0 Å². The van der Waals surface area contributed by atoms with Gasteiger partial charge in [-0.15, -0.1) is 0 Å². The minimum absolute atomic E-state index is 0.671. The van der Waals surface area contributed by atoms with Crippen LogP contribution in [0.1, 0.15) is 22.3 Å². The number of fused-ring (bicyclic) bond motifs is 9. The molecule has 0 N–H and O–H groups in total. The molecule has 2 aromatic heterocycles. The first-order valence-corrected chi connectivity index (χ1v) is 22.2. The summed E-state index contributed by atoms with van der Waals surface area (Å²) in [5.41, 5.74) is 16.4. The fourth-order valence-electron chi connectivity index (χ4n) is 10.5. The van der Waals surface area contributed by atoms with Gasteiger partial charge in [0.2, 0.25) is 0 Å². The summed E-state index contributed by atoms with van der Waals surface area (Å²) in [7, 11) is 0. The molecule has 1 aliphatic rings. The van der Waals surface area contributed by atoms with Crippen LogP contribution in [0.15, 0.2) is 251 Å². The summed E-state index contributed by atoms with van der Waals surface area (Å²) in [5, 5.41) is 4.44. The predicted octanol–water partition coefficient (Wildman–Crippen LogP) is 16.8. The number of anilines is 6. The summed E-state index contributed by atoms with van der Waals surface area (Å²) < 4.78 is 12.9. The Morgan fingerprint density at radius 3 is 1.11 bits per heavy atom. The zero-order chi connectivity index (χ0) is 42.9. The third-order valence-corrected chi connectivity index (χ3v) is 13.3. The molecule has 10 aromatic carbocycles. The van der Waals surface area contributed by atoms with E-state index >= 15 is 0 Å². The number of rotatable bonds is 8. The Hall–Kier alpha value is -8.60. The molecule has 0 saturated carbocycles. The molecule has 306 valence electrons. The van der Waals surface area contributed by atoms with Gasteiger partial charge in [-0.3, -0.25) is 0 Å². The monoisotopic (exact) mass is 832 g/mol. The lowest BCUT2D eigenvalue weighted by Gasteiger charge is -2.36. The maximum absolute atomic E-state index is 6.47. The third-order valence-electron chi connectivity index (χ3n) is 13.3. The first-order valence-electron chi connectivity index (χ1n) is 22.2. The van der Waals surface area contributed by atoms with Crippen LogP contribution in [0.4, 0.5) is 34.1 Å². The number of furan rings is 2. The largest absolute Gasteiger partial charge is 0.456 e. The van der Waals surface area contributed by atoms with Gasteiger partial charge in [-0.1, -0.05) is 146 Å². The molecular weight excluding hydrogens is 793 g/mol. The molecule has 13 rings (SSSR count). The molecular formula is C61H40N2O2. The highest BCUT2D eigenvalue weighted by Crippen LogP contribution is 2.57. The van der Waals surface area contributed by atoms with Crippen LogP contribution in [0.5, 0.6) is 0 Å². The molecule has 4 nitrogen and oxygen atoms in total. The Kier molecular flexibility index (Phi) is 8.40. The maximum atomic E-state index is 6.47. The Bertz CT molecular complexity index is 3510. The number of para-hydroxylation sites is 4. The van der Waals surface area contributed by atoms with E-state index in [1.54, 1.807) is 0 Å². The molecule has 4 heteroatoms. The van der Waals surface area contributed by atoms with Crippen molar-refractivity contribution in [2.45, 2.75) is 5.41 Å². The maximum Gasteiger partial charge on any atom is 0.137 e. The van der Waals surface area contributed by atoms with Gasteiger partial charge in [-0.25, -0.2) is 0 Å². The molecule has 0 spiro atoms. The van der Waals surface area contributed by atoms with Crippen molar-refractivity contribution < 1.29 is 8.83 Å². The zero-order valence-corrected chi connectivity index (χ0v) is 35.3.